The molecule has 4 aliphatic rings. The van der Waals surface area contributed by atoms with Crippen molar-refractivity contribution in [2.45, 2.75) is 215 Å². The Balaban J connectivity index is 1.12. The van der Waals surface area contributed by atoms with Gasteiger partial charge in [0.2, 0.25) is 0 Å². The summed E-state index contributed by atoms with van der Waals surface area (Å²) >= 11 is 0. The SMILES string of the molecule is CCCCCCCCCCCCCCCC(=O)O[C@H]1CC[C@@]2(C)[C@@H](CC[C@@H]3[C@@H]2CC[C@]2(C)[C@@H]([C@H](C)CCCC(C)C)CC[C@@H]32)C1. The van der Waals surface area contributed by atoms with Gasteiger partial charge >= 0.3 is 5.97 Å². The molecule has 0 saturated heterocycles. The molecule has 0 aliphatic heterocycles. The van der Waals surface area contributed by atoms with E-state index < -0.39 is 0 Å². The van der Waals surface area contributed by atoms with Crippen molar-refractivity contribution in [1.29, 1.82) is 0 Å². The second-order valence-corrected chi connectivity index (χ2v) is 18.1. The van der Waals surface area contributed by atoms with Crippen molar-refractivity contribution >= 4 is 5.97 Å². The largest absolute Gasteiger partial charge is 0.462 e. The molecule has 4 aliphatic carbocycles. The van der Waals surface area contributed by atoms with E-state index in [0.29, 0.717) is 17.3 Å². The van der Waals surface area contributed by atoms with Gasteiger partial charge in [0, 0.05) is 6.42 Å². The van der Waals surface area contributed by atoms with E-state index in [4.69, 9.17) is 4.74 Å². The number of esters is 1. The van der Waals surface area contributed by atoms with Crippen LogP contribution in [0.3, 0.4) is 0 Å². The molecule has 0 aromatic carbocycles. The average Bonchev–Trinajstić information content (AvgIpc) is 3.37. The van der Waals surface area contributed by atoms with Gasteiger partial charge in [-0.15, -0.1) is 0 Å². The maximum Gasteiger partial charge on any atom is 0.306 e. The number of hydrogen-bond acceptors (Lipinski definition) is 2. The highest BCUT2D eigenvalue weighted by atomic mass is 16.5. The first-order chi connectivity index (χ1) is 21.7. The van der Waals surface area contributed by atoms with E-state index in [1.54, 1.807) is 0 Å². The van der Waals surface area contributed by atoms with Gasteiger partial charge in [0.15, 0.2) is 0 Å². The van der Waals surface area contributed by atoms with Gasteiger partial charge in [-0.1, -0.05) is 138 Å². The first-order valence-corrected chi connectivity index (χ1v) is 20.9. The molecule has 0 heterocycles. The van der Waals surface area contributed by atoms with Gasteiger partial charge in [-0.25, -0.2) is 0 Å². The smallest absolute Gasteiger partial charge is 0.306 e. The zero-order valence-corrected chi connectivity index (χ0v) is 31.3. The summed E-state index contributed by atoms with van der Waals surface area (Å²) in [4.78, 5) is 12.8. The number of hydrogen-bond donors (Lipinski definition) is 0. The quantitative estimate of drug-likeness (QED) is 0.0992. The number of carbonyl (C=O) groups excluding carboxylic acids is 1. The maximum atomic E-state index is 12.8. The highest BCUT2D eigenvalue weighted by molar-refractivity contribution is 5.69. The van der Waals surface area contributed by atoms with Crippen LogP contribution in [0.1, 0.15) is 208 Å². The third-order valence-corrected chi connectivity index (χ3v) is 14.6. The van der Waals surface area contributed by atoms with Gasteiger partial charge in [0.1, 0.15) is 6.10 Å². The Morgan fingerprint density at radius 1 is 0.667 bits per heavy atom. The summed E-state index contributed by atoms with van der Waals surface area (Å²) in [5.41, 5.74) is 1.06. The van der Waals surface area contributed by atoms with Gasteiger partial charge in [0.25, 0.3) is 0 Å². The van der Waals surface area contributed by atoms with Crippen LogP contribution in [-0.2, 0) is 9.53 Å². The number of ether oxygens (including phenoxy) is 1. The number of rotatable bonds is 20. The summed E-state index contributed by atoms with van der Waals surface area (Å²) in [6.45, 7) is 15.1. The highest BCUT2D eigenvalue weighted by Crippen LogP contribution is 2.68. The lowest BCUT2D eigenvalue weighted by atomic mass is 9.44. The molecule has 4 saturated carbocycles. The van der Waals surface area contributed by atoms with Crippen LogP contribution in [0.4, 0.5) is 0 Å². The van der Waals surface area contributed by atoms with Crippen LogP contribution in [0.5, 0.6) is 0 Å². The molecule has 0 bridgehead atoms. The molecule has 0 unspecified atom stereocenters. The number of fused-ring (bicyclic) bond motifs is 5. The molecule has 4 rings (SSSR count). The van der Waals surface area contributed by atoms with Crippen molar-refractivity contribution in [1.82, 2.24) is 0 Å². The van der Waals surface area contributed by atoms with Gasteiger partial charge in [-0.3, -0.25) is 4.79 Å². The third kappa shape index (κ3) is 10.00. The minimum absolute atomic E-state index is 0.0910. The molecule has 0 N–H and O–H groups in total. The number of unbranched alkanes of at least 4 members (excludes halogenated alkanes) is 12. The molecule has 0 spiro atoms. The lowest BCUT2D eigenvalue weighted by molar-refractivity contribution is -0.162. The molecule has 2 heteroatoms. The predicted octanol–water partition coefficient (Wildman–Crippen LogP) is 13.5. The lowest BCUT2D eigenvalue weighted by Crippen LogP contribution is -2.54. The second-order valence-electron chi connectivity index (χ2n) is 18.1. The van der Waals surface area contributed by atoms with E-state index in [-0.39, 0.29) is 12.1 Å². The third-order valence-electron chi connectivity index (χ3n) is 14.6. The van der Waals surface area contributed by atoms with Crippen molar-refractivity contribution in [2.24, 2.45) is 52.3 Å². The molecule has 0 aromatic rings. The standard InChI is InChI=1S/C43H78O2/c1-7-8-9-10-11-12-13-14-15-16-17-18-19-23-41(44)45-36-28-30-42(5)35(32-36)24-25-37-39-27-26-38(34(4)22-20-21-33(2)3)43(39,6)31-29-40(37)42/h33-40H,7-32H2,1-6H3/t34-,35+,36+,37+,38-,39+,40+,42+,43-/m1/s1. The van der Waals surface area contributed by atoms with E-state index in [2.05, 4.69) is 41.5 Å². The summed E-state index contributed by atoms with van der Waals surface area (Å²) < 4.78 is 6.16. The maximum absolute atomic E-state index is 12.8. The first kappa shape index (κ1) is 37.3. The summed E-state index contributed by atoms with van der Waals surface area (Å²) in [5, 5.41) is 0. The molecule has 0 aromatic heterocycles. The normalized spacial score (nSPS) is 35.1. The van der Waals surface area contributed by atoms with Crippen molar-refractivity contribution in [3.63, 3.8) is 0 Å². The Morgan fingerprint density at radius 3 is 1.91 bits per heavy atom. The summed E-state index contributed by atoms with van der Waals surface area (Å²) in [7, 11) is 0. The summed E-state index contributed by atoms with van der Waals surface area (Å²) in [6.07, 6.45) is 34.9. The van der Waals surface area contributed by atoms with Gasteiger partial charge in [-0.05, 0) is 116 Å². The molecule has 262 valence electrons. The second kappa shape index (κ2) is 18.3. The zero-order valence-electron chi connectivity index (χ0n) is 31.3. The Morgan fingerprint density at radius 2 is 1.27 bits per heavy atom. The van der Waals surface area contributed by atoms with Crippen molar-refractivity contribution in [3.05, 3.63) is 0 Å². The van der Waals surface area contributed by atoms with Gasteiger partial charge in [-0.2, -0.15) is 0 Å². The monoisotopic (exact) mass is 627 g/mol. The van der Waals surface area contributed by atoms with E-state index in [0.717, 1.165) is 60.7 Å². The van der Waals surface area contributed by atoms with E-state index in [1.165, 1.54) is 141 Å². The van der Waals surface area contributed by atoms with Crippen LogP contribution in [0.15, 0.2) is 0 Å². The van der Waals surface area contributed by atoms with Crippen LogP contribution in [0.25, 0.3) is 0 Å². The molecular weight excluding hydrogens is 548 g/mol. The Hall–Kier alpha value is -0.530. The fourth-order valence-electron chi connectivity index (χ4n) is 11.9. The Bertz CT molecular complexity index is 849. The average molecular weight is 627 g/mol. The molecule has 2 nitrogen and oxygen atoms in total. The van der Waals surface area contributed by atoms with Crippen LogP contribution >= 0.6 is 0 Å². The zero-order chi connectivity index (χ0) is 32.3. The van der Waals surface area contributed by atoms with Crippen molar-refractivity contribution in [3.8, 4) is 0 Å². The molecule has 0 radical (unpaired) electrons. The fourth-order valence-corrected chi connectivity index (χ4v) is 11.9. The van der Waals surface area contributed by atoms with Crippen LogP contribution in [-0.4, -0.2) is 12.1 Å². The van der Waals surface area contributed by atoms with Crippen LogP contribution in [0.2, 0.25) is 0 Å². The summed E-state index contributed by atoms with van der Waals surface area (Å²) in [5.74, 6) is 6.37. The van der Waals surface area contributed by atoms with E-state index in [1.807, 2.05) is 0 Å². The van der Waals surface area contributed by atoms with Crippen molar-refractivity contribution < 1.29 is 9.53 Å². The molecule has 0 amide bonds. The molecule has 9 atom stereocenters. The van der Waals surface area contributed by atoms with Crippen molar-refractivity contribution in [2.75, 3.05) is 0 Å². The lowest BCUT2D eigenvalue weighted by Gasteiger charge is -2.61. The van der Waals surface area contributed by atoms with E-state index >= 15 is 0 Å². The van der Waals surface area contributed by atoms with Gasteiger partial charge < -0.3 is 4.74 Å². The van der Waals surface area contributed by atoms with E-state index in [9.17, 15) is 4.79 Å². The van der Waals surface area contributed by atoms with Crippen LogP contribution in [0, 0.1) is 52.3 Å². The minimum Gasteiger partial charge on any atom is -0.462 e. The molecule has 45 heavy (non-hydrogen) atoms. The summed E-state index contributed by atoms with van der Waals surface area (Å²) in [6, 6.07) is 0. The Kier molecular flexibility index (Phi) is 15.2. The fraction of sp³-hybridized carbons (Fsp3) is 0.977. The first-order valence-electron chi connectivity index (χ1n) is 20.9. The Labute approximate surface area is 281 Å². The molecular formula is C43H78O2. The predicted molar refractivity (Wildman–Crippen MR) is 193 cm³/mol. The topological polar surface area (TPSA) is 26.3 Å². The van der Waals surface area contributed by atoms with Gasteiger partial charge in [0.05, 0.1) is 0 Å². The minimum atomic E-state index is 0.0910. The van der Waals surface area contributed by atoms with Crippen LogP contribution < -0.4 is 0 Å². The number of carbonyl (C=O) groups is 1. The highest BCUT2D eigenvalue weighted by Gasteiger charge is 2.60. The molecule has 4 fully saturated rings.